The lowest BCUT2D eigenvalue weighted by molar-refractivity contribution is 0.0942. The molecule has 0 aromatic carbocycles. The molecule has 15 heavy (non-hydrogen) atoms. The van der Waals surface area contributed by atoms with Crippen molar-refractivity contribution in [3.8, 4) is 0 Å². The Hall–Kier alpha value is -1.36. The fraction of sp³-hybridized carbons (Fsp3) is 0.600. The third kappa shape index (κ3) is 3.71. The number of amides is 1. The number of aliphatic hydroxyl groups is 1. The molecule has 1 rings (SSSR count). The molecule has 1 aromatic rings. The second-order valence-electron chi connectivity index (χ2n) is 3.51. The highest BCUT2D eigenvalue weighted by Gasteiger charge is 2.07. The van der Waals surface area contributed by atoms with E-state index in [1.165, 1.54) is 6.20 Å². The van der Waals surface area contributed by atoms with Crippen molar-refractivity contribution in [1.82, 2.24) is 15.1 Å². The molecule has 5 heteroatoms. The number of aromatic nitrogens is 2. The van der Waals surface area contributed by atoms with Crippen molar-refractivity contribution in [2.75, 3.05) is 6.54 Å². The molecule has 0 aliphatic carbocycles. The van der Waals surface area contributed by atoms with Gasteiger partial charge in [-0.1, -0.05) is 6.92 Å². The molecule has 0 bridgehead atoms. The van der Waals surface area contributed by atoms with Crippen LogP contribution >= 0.6 is 0 Å². The van der Waals surface area contributed by atoms with Gasteiger partial charge in [0.1, 0.15) is 0 Å². The van der Waals surface area contributed by atoms with Crippen LogP contribution in [0.2, 0.25) is 0 Å². The molecular formula is C10H17N3O2. The number of carbonyl (C=O) groups is 1. The molecule has 1 amide bonds. The van der Waals surface area contributed by atoms with Crippen LogP contribution in [-0.4, -0.2) is 33.4 Å². The molecule has 0 saturated carbocycles. The molecule has 0 spiro atoms. The molecule has 1 unspecified atom stereocenters. The largest absolute Gasteiger partial charge is 0.393 e. The summed E-state index contributed by atoms with van der Waals surface area (Å²) in [5.41, 5.74) is 0.545. The topological polar surface area (TPSA) is 67.2 Å². The number of aryl methyl sites for hydroxylation is 1. The Labute approximate surface area is 89.1 Å². The number of hydrogen-bond acceptors (Lipinski definition) is 3. The van der Waals surface area contributed by atoms with Gasteiger partial charge in [0, 0.05) is 19.8 Å². The standard InChI is InChI=1S/C10H17N3O2/c1-3-9(14)4-5-11-10(15)8-6-12-13(2)7-8/h6-7,9,14H,3-5H2,1-2H3,(H,11,15). The van der Waals surface area contributed by atoms with Crippen LogP contribution < -0.4 is 5.32 Å². The Morgan fingerprint density at radius 3 is 3.00 bits per heavy atom. The van der Waals surface area contributed by atoms with Gasteiger partial charge in [0.2, 0.25) is 0 Å². The summed E-state index contributed by atoms with van der Waals surface area (Å²) in [5.74, 6) is -0.147. The molecule has 1 aromatic heterocycles. The second-order valence-corrected chi connectivity index (χ2v) is 3.51. The van der Waals surface area contributed by atoms with Crippen molar-refractivity contribution in [2.45, 2.75) is 25.9 Å². The smallest absolute Gasteiger partial charge is 0.254 e. The fourth-order valence-corrected chi connectivity index (χ4v) is 1.20. The normalized spacial score (nSPS) is 12.5. The van der Waals surface area contributed by atoms with Crippen LogP contribution in [0.25, 0.3) is 0 Å². The van der Waals surface area contributed by atoms with E-state index in [2.05, 4.69) is 10.4 Å². The third-order valence-corrected chi connectivity index (χ3v) is 2.20. The van der Waals surface area contributed by atoms with Gasteiger partial charge in [0.25, 0.3) is 5.91 Å². The summed E-state index contributed by atoms with van der Waals surface area (Å²) >= 11 is 0. The third-order valence-electron chi connectivity index (χ3n) is 2.20. The van der Waals surface area contributed by atoms with Gasteiger partial charge in [-0.05, 0) is 12.8 Å². The average Bonchev–Trinajstić information content (AvgIpc) is 2.64. The van der Waals surface area contributed by atoms with Gasteiger partial charge in [-0.25, -0.2) is 0 Å². The van der Waals surface area contributed by atoms with Crippen molar-refractivity contribution in [3.05, 3.63) is 18.0 Å². The molecule has 0 saturated heterocycles. The lowest BCUT2D eigenvalue weighted by Crippen LogP contribution is -2.26. The first-order valence-corrected chi connectivity index (χ1v) is 5.08. The lowest BCUT2D eigenvalue weighted by Gasteiger charge is -2.07. The van der Waals surface area contributed by atoms with Crippen molar-refractivity contribution in [3.63, 3.8) is 0 Å². The molecule has 5 nitrogen and oxygen atoms in total. The van der Waals surface area contributed by atoms with E-state index in [1.54, 1.807) is 17.9 Å². The first-order chi connectivity index (χ1) is 7.13. The highest BCUT2D eigenvalue weighted by molar-refractivity contribution is 5.93. The van der Waals surface area contributed by atoms with Crippen molar-refractivity contribution >= 4 is 5.91 Å². The average molecular weight is 211 g/mol. The van der Waals surface area contributed by atoms with Crippen molar-refractivity contribution in [2.24, 2.45) is 7.05 Å². The lowest BCUT2D eigenvalue weighted by atomic mass is 10.2. The molecular weight excluding hydrogens is 194 g/mol. The number of nitrogens with one attached hydrogen (secondary N) is 1. The Morgan fingerprint density at radius 1 is 1.73 bits per heavy atom. The summed E-state index contributed by atoms with van der Waals surface area (Å²) in [6, 6.07) is 0. The van der Waals surface area contributed by atoms with Crippen LogP contribution in [0.15, 0.2) is 12.4 Å². The Bertz CT molecular complexity index is 322. The van der Waals surface area contributed by atoms with Gasteiger partial charge in [-0.2, -0.15) is 5.10 Å². The van der Waals surface area contributed by atoms with Crippen LogP contribution in [0.5, 0.6) is 0 Å². The summed E-state index contributed by atoms with van der Waals surface area (Å²) in [6.45, 7) is 2.40. The highest BCUT2D eigenvalue weighted by Crippen LogP contribution is 1.97. The second kappa shape index (κ2) is 5.50. The predicted molar refractivity (Wildman–Crippen MR) is 56.5 cm³/mol. The quantitative estimate of drug-likeness (QED) is 0.736. The molecule has 0 fully saturated rings. The maximum absolute atomic E-state index is 11.5. The van der Waals surface area contributed by atoms with E-state index in [0.717, 1.165) is 0 Å². The van der Waals surface area contributed by atoms with Crippen molar-refractivity contribution in [1.29, 1.82) is 0 Å². The maximum atomic E-state index is 11.5. The summed E-state index contributed by atoms with van der Waals surface area (Å²) in [7, 11) is 1.76. The Kier molecular flexibility index (Phi) is 4.30. The van der Waals surface area contributed by atoms with E-state index < -0.39 is 0 Å². The van der Waals surface area contributed by atoms with Crippen LogP contribution in [0.4, 0.5) is 0 Å². The molecule has 0 aliphatic rings. The van der Waals surface area contributed by atoms with Gasteiger partial charge in [-0.3, -0.25) is 9.48 Å². The van der Waals surface area contributed by atoms with Crippen LogP contribution in [0.1, 0.15) is 30.1 Å². The van der Waals surface area contributed by atoms with E-state index in [4.69, 9.17) is 0 Å². The predicted octanol–water partition coefficient (Wildman–Crippen LogP) is 0.311. The van der Waals surface area contributed by atoms with Gasteiger partial charge in [-0.15, -0.1) is 0 Å². The minimum atomic E-state index is -0.334. The fourth-order valence-electron chi connectivity index (χ4n) is 1.20. The molecule has 2 N–H and O–H groups in total. The zero-order chi connectivity index (χ0) is 11.3. The van der Waals surface area contributed by atoms with Crippen molar-refractivity contribution < 1.29 is 9.90 Å². The van der Waals surface area contributed by atoms with E-state index >= 15 is 0 Å². The molecule has 0 radical (unpaired) electrons. The number of rotatable bonds is 5. The van der Waals surface area contributed by atoms with Crippen LogP contribution in [-0.2, 0) is 7.05 Å². The van der Waals surface area contributed by atoms with Crippen LogP contribution in [0, 0.1) is 0 Å². The number of hydrogen-bond donors (Lipinski definition) is 2. The first-order valence-electron chi connectivity index (χ1n) is 5.08. The minimum absolute atomic E-state index is 0.147. The summed E-state index contributed by atoms with van der Waals surface area (Å²) < 4.78 is 1.58. The Morgan fingerprint density at radius 2 is 2.47 bits per heavy atom. The zero-order valence-corrected chi connectivity index (χ0v) is 9.10. The monoisotopic (exact) mass is 211 g/mol. The molecule has 1 atom stereocenters. The maximum Gasteiger partial charge on any atom is 0.254 e. The molecule has 84 valence electrons. The minimum Gasteiger partial charge on any atom is -0.393 e. The van der Waals surface area contributed by atoms with E-state index in [-0.39, 0.29) is 12.0 Å². The highest BCUT2D eigenvalue weighted by atomic mass is 16.3. The summed E-state index contributed by atoms with van der Waals surface area (Å²) in [5, 5.41) is 15.9. The van der Waals surface area contributed by atoms with E-state index in [9.17, 15) is 9.90 Å². The number of aliphatic hydroxyl groups excluding tert-OH is 1. The van der Waals surface area contributed by atoms with Crippen LogP contribution in [0.3, 0.4) is 0 Å². The van der Waals surface area contributed by atoms with Gasteiger partial charge in [0.05, 0.1) is 17.9 Å². The van der Waals surface area contributed by atoms with Gasteiger partial charge < -0.3 is 10.4 Å². The van der Waals surface area contributed by atoms with E-state index in [1.807, 2.05) is 6.92 Å². The zero-order valence-electron chi connectivity index (χ0n) is 9.10. The van der Waals surface area contributed by atoms with Gasteiger partial charge >= 0.3 is 0 Å². The number of carbonyl (C=O) groups excluding carboxylic acids is 1. The SMILES string of the molecule is CCC(O)CCNC(=O)c1cnn(C)c1. The van der Waals surface area contributed by atoms with Gasteiger partial charge in [0.15, 0.2) is 0 Å². The summed E-state index contributed by atoms with van der Waals surface area (Å²) in [4.78, 5) is 11.5. The van der Waals surface area contributed by atoms with E-state index in [0.29, 0.717) is 24.9 Å². The molecule has 0 aliphatic heterocycles. The molecule has 1 heterocycles. The summed E-state index contributed by atoms with van der Waals surface area (Å²) in [6.07, 6.45) is 4.14. The Balaban J connectivity index is 2.31. The first kappa shape index (κ1) is 11.7. The number of nitrogens with zero attached hydrogens (tertiary/aromatic N) is 2.